The SMILES string of the molecule is CCOC(=O)CN(CC(=O)NCC1CCCCC1)Cc1ccc(F)cc1. The molecule has 26 heavy (non-hydrogen) atoms. The molecule has 0 unspecified atom stereocenters. The van der Waals surface area contributed by atoms with E-state index < -0.39 is 0 Å². The lowest BCUT2D eigenvalue weighted by Crippen LogP contribution is -2.41. The summed E-state index contributed by atoms with van der Waals surface area (Å²) in [5, 5.41) is 2.99. The van der Waals surface area contributed by atoms with Gasteiger partial charge in [-0.05, 0) is 43.4 Å². The fraction of sp³-hybridized carbons (Fsp3) is 0.600. The monoisotopic (exact) mass is 364 g/mol. The molecular formula is C20H29FN2O3. The summed E-state index contributed by atoms with van der Waals surface area (Å²) in [7, 11) is 0. The number of nitrogens with zero attached hydrogens (tertiary/aromatic N) is 1. The van der Waals surface area contributed by atoms with Crippen LogP contribution in [0.3, 0.4) is 0 Å². The van der Waals surface area contributed by atoms with Gasteiger partial charge in [0.2, 0.25) is 5.91 Å². The van der Waals surface area contributed by atoms with E-state index in [1.54, 1.807) is 24.0 Å². The van der Waals surface area contributed by atoms with Gasteiger partial charge in [-0.3, -0.25) is 14.5 Å². The Morgan fingerprint density at radius 3 is 2.50 bits per heavy atom. The lowest BCUT2D eigenvalue weighted by molar-refractivity contribution is -0.144. The van der Waals surface area contributed by atoms with Gasteiger partial charge in [-0.2, -0.15) is 0 Å². The Hall–Kier alpha value is -1.95. The van der Waals surface area contributed by atoms with Crippen LogP contribution < -0.4 is 5.32 Å². The number of benzene rings is 1. The molecule has 1 aromatic carbocycles. The van der Waals surface area contributed by atoms with Crippen molar-refractivity contribution in [2.24, 2.45) is 5.92 Å². The van der Waals surface area contributed by atoms with E-state index in [0.29, 0.717) is 25.6 Å². The molecule has 0 radical (unpaired) electrons. The minimum Gasteiger partial charge on any atom is -0.465 e. The molecule has 6 heteroatoms. The highest BCUT2D eigenvalue weighted by Gasteiger charge is 2.18. The summed E-state index contributed by atoms with van der Waals surface area (Å²) in [5.41, 5.74) is 0.843. The molecule has 0 saturated heterocycles. The van der Waals surface area contributed by atoms with Gasteiger partial charge in [-0.25, -0.2) is 4.39 Å². The minimum absolute atomic E-state index is 0.0298. The zero-order valence-corrected chi connectivity index (χ0v) is 15.5. The van der Waals surface area contributed by atoms with Gasteiger partial charge in [-0.1, -0.05) is 31.4 Å². The van der Waals surface area contributed by atoms with Crippen molar-refractivity contribution >= 4 is 11.9 Å². The first-order chi connectivity index (χ1) is 12.6. The van der Waals surface area contributed by atoms with Crippen LogP contribution in [0, 0.1) is 11.7 Å². The van der Waals surface area contributed by atoms with Crippen LogP contribution in [0.1, 0.15) is 44.6 Å². The molecule has 2 rings (SSSR count). The van der Waals surface area contributed by atoms with E-state index in [2.05, 4.69) is 5.32 Å². The number of halogens is 1. The van der Waals surface area contributed by atoms with Crippen molar-refractivity contribution in [1.82, 2.24) is 10.2 Å². The fourth-order valence-electron chi connectivity index (χ4n) is 3.31. The summed E-state index contributed by atoms with van der Waals surface area (Å²) < 4.78 is 18.1. The van der Waals surface area contributed by atoms with Crippen LogP contribution in [0.2, 0.25) is 0 Å². The molecule has 144 valence electrons. The van der Waals surface area contributed by atoms with Crippen LogP contribution >= 0.6 is 0 Å². The molecule has 1 fully saturated rings. The number of ether oxygens (including phenoxy) is 1. The number of carbonyl (C=O) groups excluding carboxylic acids is 2. The second-order valence-corrected chi connectivity index (χ2v) is 6.88. The highest BCUT2D eigenvalue weighted by Crippen LogP contribution is 2.22. The molecule has 1 aliphatic carbocycles. The predicted octanol–water partition coefficient (Wildman–Crippen LogP) is 2.89. The molecule has 0 atom stereocenters. The van der Waals surface area contributed by atoms with E-state index >= 15 is 0 Å². The smallest absolute Gasteiger partial charge is 0.320 e. The average molecular weight is 364 g/mol. The van der Waals surface area contributed by atoms with Crippen LogP contribution in [0.15, 0.2) is 24.3 Å². The summed E-state index contributed by atoms with van der Waals surface area (Å²) in [6.45, 7) is 3.28. The van der Waals surface area contributed by atoms with Crippen LogP contribution in [-0.2, 0) is 20.9 Å². The summed E-state index contributed by atoms with van der Waals surface area (Å²) in [6.07, 6.45) is 6.10. The van der Waals surface area contributed by atoms with Crippen LogP contribution in [0.5, 0.6) is 0 Å². The number of amides is 1. The van der Waals surface area contributed by atoms with Gasteiger partial charge in [0.1, 0.15) is 5.82 Å². The largest absolute Gasteiger partial charge is 0.465 e. The first kappa shape index (κ1) is 20.4. The Kier molecular flexibility index (Phi) is 8.54. The molecule has 1 N–H and O–H groups in total. The van der Waals surface area contributed by atoms with Crippen molar-refractivity contribution in [3.8, 4) is 0 Å². The number of esters is 1. The molecule has 0 heterocycles. The van der Waals surface area contributed by atoms with Gasteiger partial charge in [-0.15, -0.1) is 0 Å². The number of carbonyl (C=O) groups is 2. The van der Waals surface area contributed by atoms with E-state index in [-0.39, 0.29) is 30.8 Å². The topological polar surface area (TPSA) is 58.6 Å². The predicted molar refractivity (Wildman–Crippen MR) is 97.9 cm³/mol. The summed E-state index contributed by atoms with van der Waals surface area (Å²) in [6, 6.07) is 6.07. The molecule has 0 spiro atoms. The summed E-state index contributed by atoms with van der Waals surface area (Å²) in [4.78, 5) is 25.9. The summed E-state index contributed by atoms with van der Waals surface area (Å²) >= 11 is 0. The number of hydrogen-bond acceptors (Lipinski definition) is 4. The van der Waals surface area contributed by atoms with Crippen molar-refractivity contribution in [2.45, 2.75) is 45.6 Å². The maximum Gasteiger partial charge on any atom is 0.320 e. The van der Waals surface area contributed by atoms with E-state index in [0.717, 1.165) is 5.56 Å². The molecule has 1 saturated carbocycles. The molecule has 1 amide bonds. The lowest BCUT2D eigenvalue weighted by atomic mass is 9.89. The highest BCUT2D eigenvalue weighted by molar-refractivity contribution is 5.79. The second-order valence-electron chi connectivity index (χ2n) is 6.88. The Morgan fingerprint density at radius 2 is 1.85 bits per heavy atom. The third-order valence-electron chi connectivity index (χ3n) is 4.66. The molecule has 5 nitrogen and oxygen atoms in total. The Balaban J connectivity index is 1.87. The average Bonchev–Trinajstić information content (AvgIpc) is 2.63. The Morgan fingerprint density at radius 1 is 1.15 bits per heavy atom. The molecule has 1 aromatic rings. The van der Waals surface area contributed by atoms with Crippen LogP contribution in [0.25, 0.3) is 0 Å². The first-order valence-corrected chi connectivity index (χ1v) is 9.46. The molecule has 0 bridgehead atoms. The second kappa shape index (κ2) is 10.9. The van der Waals surface area contributed by atoms with Gasteiger partial charge < -0.3 is 10.1 Å². The van der Waals surface area contributed by atoms with Crippen molar-refractivity contribution in [3.05, 3.63) is 35.6 Å². The normalized spacial score (nSPS) is 15.0. The first-order valence-electron chi connectivity index (χ1n) is 9.46. The van der Waals surface area contributed by atoms with E-state index in [4.69, 9.17) is 4.74 Å². The quantitative estimate of drug-likeness (QED) is 0.685. The molecule has 0 aliphatic heterocycles. The van der Waals surface area contributed by atoms with Gasteiger partial charge >= 0.3 is 5.97 Å². The third kappa shape index (κ3) is 7.52. The van der Waals surface area contributed by atoms with Gasteiger partial charge in [0.25, 0.3) is 0 Å². The van der Waals surface area contributed by atoms with Crippen molar-refractivity contribution < 1.29 is 18.7 Å². The summed E-state index contributed by atoms with van der Waals surface area (Å²) in [5.74, 6) is -0.212. The van der Waals surface area contributed by atoms with Gasteiger partial charge in [0.15, 0.2) is 0 Å². The third-order valence-corrected chi connectivity index (χ3v) is 4.66. The van der Waals surface area contributed by atoms with Crippen molar-refractivity contribution in [3.63, 3.8) is 0 Å². The van der Waals surface area contributed by atoms with E-state index in [1.807, 2.05) is 0 Å². The zero-order chi connectivity index (χ0) is 18.8. The Labute approximate surface area is 154 Å². The molecule has 0 aromatic heterocycles. The number of rotatable bonds is 9. The maximum absolute atomic E-state index is 13.1. The molecular weight excluding hydrogens is 335 g/mol. The minimum atomic E-state index is -0.366. The van der Waals surface area contributed by atoms with E-state index in [9.17, 15) is 14.0 Å². The zero-order valence-electron chi connectivity index (χ0n) is 15.5. The highest BCUT2D eigenvalue weighted by atomic mass is 19.1. The fourth-order valence-corrected chi connectivity index (χ4v) is 3.31. The van der Waals surface area contributed by atoms with Gasteiger partial charge in [0, 0.05) is 13.1 Å². The van der Waals surface area contributed by atoms with E-state index in [1.165, 1.54) is 44.2 Å². The number of hydrogen-bond donors (Lipinski definition) is 1. The number of nitrogens with one attached hydrogen (secondary N) is 1. The van der Waals surface area contributed by atoms with Crippen LogP contribution in [-0.4, -0.2) is 43.0 Å². The maximum atomic E-state index is 13.1. The van der Waals surface area contributed by atoms with Crippen LogP contribution in [0.4, 0.5) is 4.39 Å². The van der Waals surface area contributed by atoms with Crippen molar-refractivity contribution in [1.29, 1.82) is 0 Å². The van der Waals surface area contributed by atoms with Crippen molar-refractivity contribution in [2.75, 3.05) is 26.2 Å². The molecule has 1 aliphatic rings. The van der Waals surface area contributed by atoms with Gasteiger partial charge in [0.05, 0.1) is 19.7 Å². The standard InChI is InChI=1S/C20H29FN2O3/c1-2-26-20(25)15-23(13-17-8-10-18(21)11-9-17)14-19(24)22-12-16-6-4-3-5-7-16/h8-11,16H,2-7,12-15H2,1H3,(H,22,24). The Bertz CT molecular complexity index is 571. The lowest BCUT2D eigenvalue weighted by Gasteiger charge is -2.24.